The fraction of sp³-hybridized carbons (Fsp3) is 0.0526. The van der Waals surface area contributed by atoms with Crippen molar-refractivity contribution in [3.8, 4) is 0 Å². The van der Waals surface area contributed by atoms with Gasteiger partial charge < -0.3 is 15.1 Å². The van der Waals surface area contributed by atoms with Gasteiger partial charge in [0.2, 0.25) is 0 Å². The van der Waals surface area contributed by atoms with Gasteiger partial charge in [0, 0.05) is 12.2 Å². The number of benzene rings is 2. The predicted octanol–water partition coefficient (Wildman–Crippen LogP) is 4.25. The summed E-state index contributed by atoms with van der Waals surface area (Å²) >= 11 is 5.87. The van der Waals surface area contributed by atoms with E-state index >= 15 is 0 Å². The first-order valence-corrected chi connectivity index (χ1v) is 8.08. The first-order chi connectivity index (χ1) is 12.5. The van der Waals surface area contributed by atoms with Crippen LogP contribution < -0.4 is 10.6 Å². The van der Waals surface area contributed by atoms with E-state index in [2.05, 4.69) is 10.6 Å². The van der Waals surface area contributed by atoms with Crippen molar-refractivity contribution in [1.82, 2.24) is 5.32 Å². The minimum Gasteiger partial charge on any atom is -0.459 e. The molecule has 0 fully saturated rings. The Bertz CT molecular complexity index is 924. The number of amides is 2. The molecule has 0 aliphatic rings. The largest absolute Gasteiger partial charge is 0.459 e. The molecule has 0 saturated carbocycles. The molecule has 2 N–H and O–H groups in total. The van der Waals surface area contributed by atoms with Crippen molar-refractivity contribution in [2.75, 3.05) is 5.32 Å². The van der Waals surface area contributed by atoms with Crippen molar-refractivity contribution in [2.45, 2.75) is 6.54 Å². The standard InChI is InChI=1S/C19H14ClFN2O3/c20-16-10-13(21)5-8-15(16)18(24)22-11-12-3-6-14(7-4-12)23-19(25)17-2-1-9-26-17/h1-10H,11H2,(H,22,24)(H,23,25). The summed E-state index contributed by atoms with van der Waals surface area (Å²) in [6.45, 7) is 0.263. The molecule has 0 bridgehead atoms. The molecule has 1 aromatic heterocycles. The average molecular weight is 373 g/mol. The van der Waals surface area contributed by atoms with Crippen LogP contribution in [0.5, 0.6) is 0 Å². The van der Waals surface area contributed by atoms with Gasteiger partial charge in [-0.05, 0) is 48.0 Å². The molecule has 132 valence electrons. The van der Waals surface area contributed by atoms with E-state index < -0.39 is 11.7 Å². The molecule has 0 aliphatic carbocycles. The highest BCUT2D eigenvalue weighted by Gasteiger charge is 2.11. The van der Waals surface area contributed by atoms with Gasteiger partial charge in [0.15, 0.2) is 5.76 Å². The number of halogens is 2. The number of hydrogen-bond acceptors (Lipinski definition) is 3. The molecule has 1 heterocycles. The first kappa shape index (κ1) is 17.7. The maximum absolute atomic E-state index is 13.0. The molecule has 0 saturated heterocycles. The predicted molar refractivity (Wildman–Crippen MR) is 95.7 cm³/mol. The van der Waals surface area contributed by atoms with Crippen LogP contribution in [-0.4, -0.2) is 11.8 Å². The van der Waals surface area contributed by atoms with Gasteiger partial charge in [-0.1, -0.05) is 23.7 Å². The van der Waals surface area contributed by atoms with Gasteiger partial charge in [-0.15, -0.1) is 0 Å². The Hall–Kier alpha value is -3.12. The van der Waals surface area contributed by atoms with Crippen LogP contribution in [0.4, 0.5) is 10.1 Å². The lowest BCUT2D eigenvalue weighted by atomic mass is 10.1. The van der Waals surface area contributed by atoms with Crippen LogP contribution >= 0.6 is 11.6 Å². The zero-order chi connectivity index (χ0) is 18.5. The molecule has 2 aromatic carbocycles. The molecule has 0 spiro atoms. The number of rotatable bonds is 5. The second-order valence-electron chi connectivity index (χ2n) is 5.44. The summed E-state index contributed by atoms with van der Waals surface area (Å²) < 4.78 is 18.0. The number of furan rings is 1. The topological polar surface area (TPSA) is 71.3 Å². The summed E-state index contributed by atoms with van der Waals surface area (Å²) in [4.78, 5) is 24.0. The molecule has 7 heteroatoms. The summed E-state index contributed by atoms with van der Waals surface area (Å²) in [5, 5.41) is 5.47. The number of nitrogens with one attached hydrogen (secondary N) is 2. The maximum atomic E-state index is 13.0. The molecule has 3 rings (SSSR count). The van der Waals surface area contributed by atoms with Gasteiger partial charge in [-0.25, -0.2) is 4.39 Å². The lowest BCUT2D eigenvalue weighted by molar-refractivity contribution is 0.0950. The molecular formula is C19H14ClFN2O3. The van der Waals surface area contributed by atoms with Gasteiger partial charge in [-0.2, -0.15) is 0 Å². The summed E-state index contributed by atoms with van der Waals surface area (Å²) in [5.74, 6) is -1.02. The Kier molecular flexibility index (Phi) is 5.34. The maximum Gasteiger partial charge on any atom is 0.291 e. The highest BCUT2D eigenvalue weighted by molar-refractivity contribution is 6.33. The van der Waals surface area contributed by atoms with Crippen molar-refractivity contribution in [3.05, 3.63) is 88.6 Å². The number of hydrogen-bond donors (Lipinski definition) is 2. The lowest BCUT2D eigenvalue weighted by Crippen LogP contribution is -2.23. The van der Waals surface area contributed by atoms with Crippen molar-refractivity contribution in [1.29, 1.82) is 0 Å². The second-order valence-corrected chi connectivity index (χ2v) is 5.84. The number of anilines is 1. The molecular weight excluding hydrogens is 359 g/mol. The van der Waals surface area contributed by atoms with E-state index in [-0.39, 0.29) is 28.8 Å². The molecule has 26 heavy (non-hydrogen) atoms. The van der Waals surface area contributed by atoms with E-state index in [1.165, 1.54) is 18.4 Å². The zero-order valence-electron chi connectivity index (χ0n) is 13.5. The summed E-state index contributed by atoms with van der Waals surface area (Å²) in [7, 11) is 0. The van der Waals surface area contributed by atoms with Crippen LogP contribution in [-0.2, 0) is 6.54 Å². The Morgan fingerprint density at radius 1 is 1.04 bits per heavy atom. The van der Waals surface area contributed by atoms with E-state index in [0.29, 0.717) is 5.69 Å². The number of carbonyl (C=O) groups excluding carboxylic acids is 2. The second kappa shape index (κ2) is 7.84. The number of carbonyl (C=O) groups is 2. The van der Waals surface area contributed by atoms with Crippen molar-refractivity contribution in [2.24, 2.45) is 0 Å². The fourth-order valence-electron chi connectivity index (χ4n) is 2.26. The van der Waals surface area contributed by atoms with E-state index in [0.717, 1.165) is 11.6 Å². The Morgan fingerprint density at radius 2 is 1.81 bits per heavy atom. The van der Waals surface area contributed by atoms with Gasteiger partial charge in [0.25, 0.3) is 11.8 Å². The quantitative estimate of drug-likeness (QED) is 0.703. The third kappa shape index (κ3) is 4.29. The summed E-state index contributed by atoms with van der Waals surface area (Å²) in [6, 6.07) is 13.8. The molecule has 0 radical (unpaired) electrons. The van der Waals surface area contributed by atoms with Crippen LogP contribution in [0.25, 0.3) is 0 Å². The zero-order valence-corrected chi connectivity index (χ0v) is 14.2. The lowest BCUT2D eigenvalue weighted by Gasteiger charge is -2.08. The van der Waals surface area contributed by atoms with Gasteiger partial charge in [0.1, 0.15) is 5.82 Å². The van der Waals surface area contributed by atoms with Gasteiger partial charge in [0.05, 0.1) is 16.8 Å². The van der Waals surface area contributed by atoms with Crippen molar-refractivity contribution >= 4 is 29.1 Å². The van der Waals surface area contributed by atoms with Gasteiger partial charge in [-0.3, -0.25) is 9.59 Å². The summed E-state index contributed by atoms with van der Waals surface area (Å²) in [6.07, 6.45) is 1.42. The molecule has 3 aromatic rings. The molecule has 0 atom stereocenters. The minimum atomic E-state index is -0.501. The molecule has 0 unspecified atom stereocenters. The van der Waals surface area contributed by atoms with E-state index in [1.54, 1.807) is 36.4 Å². The van der Waals surface area contributed by atoms with Gasteiger partial charge >= 0.3 is 0 Å². The molecule has 2 amide bonds. The van der Waals surface area contributed by atoms with E-state index in [1.807, 2.05) is 0 Å². The fourth-order valence-corrected chi connectivity index (χ4v) is 2.51. The van der Waals surface area contributed by atoms with E-state index in [4.69, 9.17) is 16.0 Å². The molecule has 0 aliphatic heterocycles. The average Bonchev–Trinajstić information content (AvgIpc) is 3.16. The Morgan fingerprint density at radius 3 is 2.46 bits per heavy atom. The monoisotopic (exact) mass is 372 g/mol. The third-order valence-electron chi connectivity index (χ3n) is 3.59. The summed E-state index contributed by atoms with van der Waals surface area (Å²) in [5.41, 5.74) is 1.63. The van der Waals surface area contributed by atoms with Crippen molar-refractivity contribution in [3.63, 3.8) is 0 Å². The highest BCUT2D eigenvalue weighted by atomic mass is 35.5. The minimum absolute atomic E-state index is 0.0542. The highest BCUT2D eigenvalue weighted by Crippen LogP contribution is 2.17. The SMILES string of the molecule is O=C(Nc1ccc(CNC(=O)c2ccc(F)cc2Cl)cc1)c1ccco1. The van der Waals surface area contributed by atoms with Crippen LogP contribution in [0.15, 0.2) is 65.3 Å². The van der Waals surface area contributed by atoms with Crippen LogP contribution in [0.1, 0.15) is 26.5 Å². The van der Waals surface area contributed by atoms with Crippen LogP contribution in [0.3, 0.4) is 0 Å². The van der Waals surface area contributed by atoms with Crippen LogP contribution in [0.2, 0.25) is 5.02 Å². The molecule has 5 nitrogen and oxygen atoms in total. The van der Waals surface area contributed by atoms with Crippen molar-refractivity contribution < 1.29 is 18.4 Å². The smallest absolute Gasteiger partial charge is 0.291 e. The normalized spacial score (nSPS) is 10.4. The Labute approximate surface area is 153 Å². The van der Waals surface area contributed by atoms with Crippen LogP contribution in [0, 0.1) is 5.82 Å². The van der Waals surface area contributed by atoms with E-state index in [9.17, 15) is 14.0 Å². The first-order valence-electron chi connectivity index (χ1n) is 7.70. The third-order valence-corrected chi connectivity index (χ3v) is 3.90. The Balaban J connectivity index is 1.57.